The Bertz CT molecular complexity index is 1050. The third kappa shape index (κ3) is 33.5. The van der Waals surface area contributed by atoms with Gasteiger partial charge in [0.1, 0.15) is 6.61 Å². The molecule has 9 nitrogen and oxygen atoms in total. The van der Waals surface area contributed by atoms with E-state index >= 15 is 0 Å². The van der Waals surface area contributed by atoms with Gasteiger partial charge in [-0.1, -0.05) is 62.6 Å². The standard InChI is InChI=1S/C27H35O9PS.2Na/c1-3-4-5-6-10-14-17-20-27(30)36-25(23-35-37(31,32)33)22-34-26(29)19-16-13-11-8-7-9-12-15-18-21-38-24(2)28;;/h25H,7-9,11-13,15-16,18-19,21-23H2,1-2H3,(H2,31,32,33);;/q;2*+1/p-2/t25-;;/m0../s1. The average Bonchev–Trinajstić information content (AvgIpc) is 2.85. The summed E-state index contributed by atoms with van der Waals surface area (Å²) in [5, 5.41) is 0.161. The Hall–Kier alpha value is -0.690. The van der Waals surface area contributed by atoms with Gasteiger partial charge in [-0.25, -0.2) is 4.79 Å². The Kier molecular flexibility index (Phi) is 32.6. The predicted octanol–water partition coefficient (Wildman–Crippen LogP) is -3.49. The molecule has 0 aliphatic rings. The van der Waals surface area contributed by atoms with Crippen molar-refractivity contribution < 1.29 is 102 Å². The molecule has 0 rings (SSSR count). The molecule has 0 aromatic heterocycles. The monoisotopic (exact) mass is 610 g/mol. The number of rotatable bonds is 18. The number of ether oxygens (including phenoxy) is 2. The predicted molar refractivity (Wildman–Crippen MR) is 140 cm³/mol. The van der Waals surface area contributed by atoms with Crippen LogP contribution < -0.4 is 68.9 Å². The van der Waals surface area contributed by atoms with Gasteiger partial charge in [-0.05, 0) is 55.3 Å². The Morgan fingerprint density at radius 3 is 1.88 bits per heavy atom. The van der Waals surface area contributed by atoms with E-state index in [1.54, 1.807) is 13.8 Å². The van der Waals surface area contributed by atoms with E-state index in [0.29, 0.717) is 6.42 Å². The van der Waals surface area contributed by atoms with Crippen molar-refractivity contribution in [3.63, 3.8) is 0 Å². The summed E-state index contributed by atoms with van der Waals surface area (Å²) in [5.74, 6) is 18.0. The number of phosphoric ester groups is 1. The number of carbonyl (C=O) groups is 3. The zero-order valence-electron chi connectivity index (χ0n) is 23.8. The van der Waals surface area contributed by atoms with Crippen molar-refractivity contribution in [2.75, 3.05) is 19.0 Å². The smallest absolute Gasteiger partial charge is 0.790 e. The van der Waals surface area contributed by atoms with E-state index in [-0.39, 0.29) is 70.7 Å². The van der Waals surface area contributed by atoms with Crippen LogP contribution in [-0.4, -0.2) is 42.1 Å². The Morgan fingerprint density at radius 2 is 1.32 bits per heavy atom. The van der Waals surface area contributed by atoms with E-state index in [4.69, 9.17) is 9.47 Å². The van der Waals surface area contributed by atoms with Crippen LogP contribution in [0, 0.1) is 47.4 Å². The normalized spacial score (nSPS) is 10.1. The maximum atomic E-state index is 12.0. The van der Waals surface area contributed by atoms with Crippen molar-refractivity contribution in [2.24, 2.45) is 0 Å². The molecule has 13 heteroatoms. The van der Waals surface area contributed by atoms with Crippen LogP contribution in [0.15, 0.2) is 0 Å². The maximum Gasteiger partial charge on any atom is 1.00 e. The zero-order valence-corrected chi connectivity index (χ0v) is 29.5. The molecule has 0 unspecified atom stereocenters. The second-order valence-electron chi connectivity index (χ2n) is 7.85. The second-order valence-corrected chi connectivity index (χ2v) is 10.3. The average molecular weight is 611 g/mol. The maximum absolute atomic E-state index is 12.0. The molecule has 0 bridgehead atoms. The summed E-state index contributed by atoms with van der Waals surface area (Å²) in [5.41, 5.74) is 0. The molecule has 0 heterocycles. The quantitative estimate of drug-likeness (QED) is 0.0384. The number of unbranched alkanes of at least 4 members (excludes halogenated alkanes) is 8. The number of esters is 2. The van der Waals surface area contributed by atoms with Crippen molar-refractivity contribution in [1.82, 2.24) is 0 Å². The minimum atomic E-state index is -5.32. The van der Waals surface area contributed by atoms with Crippen LogP contribution in [0.25, 0.3) is 0 Å². The van der Waals surface area contributed by atoms with Crippen LogP contribution in [0.2, 0.25) is 0 Å². The summed E-state index contributed by atoms with van der Waals surface area (Å²) < 4.78 is 24.8. The molecular weight excluding hydrogens is 577 g/mol. The van der Waals surface area contributed by atoms with Crippen LogP contribution in [0.3, 0.4) is 0 Å². The fraction of sp³-hybridized carbons (Fsp3) is 0.593. The topological polar surface area (TPSA) is 142 Å². The van der Waals surface area contributed by atoms with Crippen LogP contribution in [0.4, 0.5) is 0 Å². The molecule has 208 valence electrons. The van der Waals surface area contributed by atoms with Crippen molar-refractivity contribution in [3.05, 3.63) is 0 Å². The van der Waals surface area contributed by atoms with Gasteiger partial charge in [0, 0.05) is 25.0 Å². The first-order valence-electron chi connectivity index (χ1n) is 12.2. The number of phosphoric acid groups is 1. The Morgan fingerprint density at radius 1 is 0.800 bits per heavy atom. The molecule has 1 atom stereocenters. The summed E-state index contributed by atoms with van der Waals surface area (Å²) in [7, 11) is -5.32. The Balaban J connectivity index is -0.00000684. The summed E-state index contributed by atoms with van der Waals surface area (Å²) in [6.07, 6.45) is 7.94. The molecule has 0 aliphatic carbocycles. The summed E-state index contributed by atoms with van der Waals surface area (Å²) >= 11 is 1.37. The van der Waals surface area contributed by atoms with Gasteiger partial charge in [0.25, 0.3) is 0 Å². The molecule has 0 aliphatic heterocycles. The molecule has 0 fully saturated rings. The minimum Gasteiger partial charge on any atom is -0.790 e. The fourth-order valence-electron chi connectivity index (χ4n) is 2.82. The van der Waals surface area contributed by atoms with Gasteiger partial charge in [-0.3, -0.25) is 9.59 Å². The van der Waals surface area contributed by atoms with E-state index in [1.165, 1.54) is 11.8 Å². The largest absolute Gasteiger partial charge is 1.00 e. The van der Waals surface area contributed by atoms with Gasteiger partial charge < -0.3 is 28.3 Å². The molecule has 40 heavy (non-hydrogen) atoms. The van der Waals surface area contributed by atoms with E-state index in [0.717, 1.165) is 57.1 Å². The zero-order chi connectivity index (χ0) is 28.5. The minimum absolute atomic E-state index is 0. The van der Waals surface area contributed by atoms with Gasteiger partial charge in [-0.2, -0.15) is 0 Å². The van der Waals surface area contributed by atoms with Crippen LogP contribution in [0.5, 0.6) is 0 Å². The van der Waals surface area contributed by atoms with Crippen molar-refractivity contribution in [1.29, 1.82) is 0 Å². The molecule has 0 N–H and O–H groups in total. The number of hydrogen-bond acceptors (Lipinski definition) is 10. The van der Waals surface area contributed by atoms with Crippen LogP contribution in [0.1, 0.15) is 78.1 Å². The van der Waals surface area contributed by atoms with E-state index in [1.807, 2.05) is 5.92 Å². The molecule has 0 aromatic rings. The molecule has 0 saturated heterocycles. The van der Waals surface area contributed by atoms with E-state index in [9.17, 15) is 28.7 Å². The first-order chi connectivity index (χ1) is 18.1. The third-order valence-electron chi connectivity index (χ3n) is 4.56. The van der Waals surface area contributed by atoms with Crippen molar-refractivity contribution in [3.8, 4) is 47.4 Å². The molecule has 0 saturated carbocycles. The van der Waals surface area contributed by atoms with E-state index in [2.05, 4.69) is 46.0 Å². The third-order valence-corrected chi connectivity index (χ3v) is 5.92. The van der Waals surface area contributed by atoms with Crippen LogP contribution in [-0.2, 0) is 32.9 Å². The second kappa shape index (κ2) is 29.8. The molecule has 0 amide bonds. The summed E-state index contributed by atoms with van der Waals surface area (Å²) in [6, 6.07) is 0. The Labute approximate surface area is 286 Å². The fourth-order valence-corrected chi connectivity index (χ4v) is 3.81. The van der Waals surface area contributed by atoms with E-state index < -0.39 is 39.1 Å². The molecule has 0 spiro atoms. The van der Waals surface area contributed by atoms with Gasteiger partial charge in [0.2, 0.25) is 0 Å². The van der Waals surface area contributed by atoms with Gasteiger partial charge in [0.15, 0.2) is 11.2 Å². The molecule has 0 aromatic carbocycles. The number of hydrogen-bond donors (Lipinski definition) is 0. The first-order valence-corrected chi connectivity index (χ1v) is 14.7. The van der Waals surface area contributed by atoms with Gasteiger partial charge in [0.05, 0.1) is 14.4 Å². The molecular formula is C27H33Na2O9PS. The van der Waals surface area contributed by atoms with Crippen LogP contribution >= 0.6 is 19.6 Å². The van der Waals surface area contributed by atoms with Crippen molar-refractivity contribution in [2.45, 2.75) is 84.2 Å². The van der Waals surface area contributed by atoms with Crippen molar-refractivity contribution >= 4 is 36.6 Å². The number of thioether (sulfide) groups is 1. The molecule has 0 radical (unpaired) electrons. The van der Waals surface area contributed by atoms with Gasteiger partial charge >= 0.3 is 71.1 Å². The van der Waals surface area contributed by atoms with Gasteiger partial charge in [-0.15, -0.1) is 0 Å². The SMILES string of the molecule is CC#CC#CC#CC#CC(=O)O[C@@H](COC(=O)CCCCCCCCCCCSC(C)=O)COP(=O)([O-])[O-].[Na+].[Na+]. The summed E-state index contributed by atoms with van der Waals surface area (Å²) in [4.78, 5) is 56.1. The first kappa shape index (κ1) is 43.8. The number of carbonyl (C=O) groups excluding carboxylic acids is 3. The summed E-state index contributed by atoms with van der Waals surface area (Å²) in [6.45, 7) is 1.89.